The highest BCUT2D eigenvalue weighted by molar-refractivity contribution is 7.91. The van der Waals surface area contributed by atoms with Crippen molar-refractivity contribution in [3.63, 3.8) is 0 Å². The van der Waals surface area contributed by atoms with Gasteiger partial charge in [-0.05, 0) is 60.5 Å². The normalized spacial score (nSPS) is 12.6. The van der Waals surface area contributed by atoms with E-state index in [-0.39, 0.29) is 41.4 Å². The zero-order valence-corrected chi connectivity index (χ0v) is 26.9. The molecule has 0 bridgehead atoms. The van der Waals surface area contributed by atoms with Gasteiger partial charge in [0.05, 0.1) is 10.0 Å². The Balaban J connectivity index is 2.84. The van der Waals surface area contributed by atoms with Crippen LogP contribution in [0.3, 0.4) is 0 Å². The molecule has 35 heavy (non-hydrogen) atoms. The average molecular weight is 617 g/mol. The summed E-state index contributed by atoms with van der Waals surface area (Å²) in [5, 5.41) is 0.627. The minimum Gasteiger partial charge on any atom is -0.542 e. The summed E-state index contributed by atoms with van der Waals surface area (Å²) in [6, 6.07) is 10.7. The first kappa shape index (κ1) is 30.8. The number of hydrogen-bond acceptors (Lipinski definition) is 4. The maximum absolute atomic E-state index is 14.2. The van der Waals surface area contributed by atoms with Crippen molar-refractivity contribution in [3.05, 3.63) is 44.4 Å². The van der Waals surface area contributed by atoms with Crippen LogP contribution in [-0.2, 0) is 9.84 Å². The van der Waals surface area contributed by atoms with Crippen LogP contribution in [0.2, 0.25) is 56.4 Å². The lowest BCUT2D eigenvalue weighted by atomic mass is 10.3. The zero-order chi connectivity index (χ0) is 26.6. The number of hydrogen-bond donors (Lipinski definition) is 0. The fourth-order valence-corrected chi connectivity index (χ4v) is 11.9. The summed E-state index contributed by atoms with van der Waals surface area (Å²) < 4.78 is 41.4. The van der Waals surface area contributed by atoms with Gasteiger partial charge in [-0.1, -0.05) is 87.9 Å². The van der Waals surface area contributed by atoms with Gasteiger partial charge in [-0.25, -0.2) is 8.42 Å². The Bertz CT molecular complexity index is 1050. The Morgan fingerprint density at radius 1 is 0.600 bits per heavy atom. The molecule has 196 valence electrons. The minimum absolute atomic E-state index is 0.0564. The Kier molecular flexibility index (Phi) is 10.9. The summed E-state index contributed by atoms with van der Waals surface area (Å²) in [5.74, 6) is 0.191. The molecule has 0 aromatic heterocycles. The van der Waals surface area contributed by atoms with Gasteiger partial charge in [-0.15, -0.1) is 0 Å². The molecule has 0 heterocycles. The second-order valence-electron chi connectivity index (χ2n) is 8.57. The molecule has 0 spiro atoms. The monoisotopic (exact) mass is 614 g/mol. The highest BCUT2D eigenvalue weighted by Gasteiger charge is 2.38. The molecule has 0 amide bonds. The van der Waals surface area contributed by atoms with E-state index in [1.807, 2.05) is 0 Å². The molecule has 0 aliphatic rings. The molecule has 0 saturated heterocycles. The highest BCUT2D eigenvalue weighted by Crippen LogP contribution is 2.47. The van der Waals surface area contributed by atoms with E-state index in [1.165, 1.54) is 24.3 Å². The summed E-state index contributed by atoms with van der Waals surface area (Å²) in [6.45, 7) is 12.3. The van der Waals surface area contributed by atoms with Crippen LogP contribution < -0.4 is 8.85 Å². The van der Waals surface area contributed by atoms with Crippen LogP contribution in [0, 0.1) is 0 Å². The molecular formula is C24H34Cl4O4SSi2. The van der Waals surface area contributed by atoms with Crippen molar-refractivity contribution >= 4 is 72.9 Å². The van der Waals surface area contributed by atoms with E-state index >= 15 is 0 Å². The molecule has 0 radical (unpaired) electrons. The summed E-state index contributed by atoms with van der Waals surface area (Å²) in [4.78, 5) is -0.113. The minimum atomic E-state index is -4.16. The third-order valence-corrected chi connectivity index (χ3v) is 19.5. The number of benzene rings is 2. The van der Waals surface area contributed by atoms with Crippen LogP contribution in [0.25, 0.3) is 0 Å². The molecule has 2 aromatic carbocycles. The van der Waals surface area contributed by atoms with E-state index in [0.29, 0.717) is 0 Å². The van der Waals surface area contributed by atoms with Crippen molar-refractivity contribution in [3.8, 4) is 11.5 Å². The van der Waals surface area contributed by atoms with Crippen molar-refractivity contribution in [2.45, 2.75) is 87.6 Å². The Morgan fingerprint density at radius 2 is 0.886 bits per heavy atom. The molecule has 0 aliphatic heterocycles. The molecule has 0 saturated carbocycles. The van der Waals surface area contributed by atoms with Crippen molar-refractivity contribution in [2.75, 3.05) is 0 Å². The summed E-state index contributed by atoms with van der Waals surface area (Å²) in [6.07, 6.45) is 0. The number of halogens is 4. The first-order chi connectivity index (χ1) is 16.4. The van der Waals surface area contributed by atoms with Gasteiger partial charge in [0, 0.05) is 0 Å². The second kappa shape index (κ2) is 12.4. The van der Waals surface area contributed by atoms with Crippen LogP contribution in [0.1, 0.15) is 41.5 Å². The van der Waals surface area contributed by atoms with Crippen molar-refractivity contribution in [1.82, 2.24) is 0 Å². The summed E-state index contributed by atoms with van der Waals surface area (Å²) in [7, 11) is -8.75. The van der Waals surface area contributed by atoms with Gasteiger partial charge in [0.15, 0.2) is 0 Å². The van der Waals surface area contributed by atoms with Crippen molar-refractivity contribution in [2.24, 2.45) is 0 Å². The molecule has 2 rings (SSSR count). The summed E-state index contributed by atoms with van der Waals surface area (Å²) in [5.41, 5.74) is 0. The lowest BCUT2D eigenvalue weighted by Gasteiger charge is -2.32. The van der Waals surface area contributed by atoms with Gasteiger partial charge >= 0.3 is 0 Å². The smallest absolute Gasteiger partial charge is 0.250 e. The maximum atomic E-state index is 14.2. The Labute approximate surface area is 232 Å². The van der Waals surface area contributed by atoms with E-state index in [1.54, 1.807) is 0 Å². The highest BCUT2D eigenvalue weighted by atomic mass is 35.5. The predicted molar refractivity (Wildman–Crippen MR) is 154 cm³/mol. The zero-order valence-electron chi connectivity index (χ0n) is 21.1. The summed E-state index contributed by atoms with van der Waals surface area (Å²) >= 11 is 25.8. The van der Waals surface area contributed by atoms with E-state index in [2.05, 4.69) is 41.5 Å². The molecule has 0 N–H and O–H groups in total. The van der Waals surface area contributed by atoms with Crippen LogP contribution in [0.15, 0.2) is 34.1 Å². The molecule has 0 unspecified atom stereocenters. The lowest BCUT2D eigenvalue weighted by molar-refractivity contribution is 0.506. The first-order valence-corrected chi connectivity index (χ1v) is 20.1. The average Bonchev–Trinajstić information content (AvgIpc) is 2.86. The van der Waals surface area contributed by atoms with Gasteiger partial charge in [0.25, 0.3) is 16.6 Å². The molecule has 4 nitrogen and oxygen atoms in total. The lowest BCUT2D eigenvalue weighted by Crippen LogP contribution is -2.40. The molecule has 2 aromatic rings. The second-order valence-corrected chi connectivity index (χ2v) is 21.4. The van der Waals surface area contributed by atoms with E-state index in [9.17, 15) is 8.42 Å². The first-order valence-electron chi connectivity index (χ1n) is 12.0. The van der Waals surface area contributed by atoms with E-state index in [4.69, 9.17) is 55.3 Å². The number of sulfone groups is 1. The topological polar surface area (TPSA) is 52.6 Å². The molecule has 0 fully saturated rings. The molecular weight excluding hydrogens is 582 g/mol. The van der Waals surface area contributed by atoms with Gasteiger partial charge in [0.1, 0.15) is 31.3 Å². The largest absolute Gasteiger partial charge is 0.542 e. The van der Waals surface area contributed by atoms with Crippen molar-refractivity contribution in [1.29, 1.82) is 0 Å². The van der Waals surface area contributed by atoms with Gasteiger partial charge in [-0.2, -0.15) is 0 Å². The number of rotatable bonds is 12. The Morgan fingerprint density at radius 3 is 1.14 bits per heavy atom. The van der Waals surface area contributed by atoms with Crippen LogP contribution in [0.5, 0.6) is 11.5 Å². The predicted octanol–water partition coefficient (Wildman–Crippen LogP) is 9.90. The van der Waals surface area contributed by atoms with Crippen LogP contribution in [-0.4, -0.2) is 25.1 Å². The third-order valence-electron chi connectivity index (χ3n) is 7.11. The third kappa shape index (κ3) is 6.19. The SMILES string of the molecule is CC[Si](CC)(CC)Oc1c(S(=O)(=O)c2ccc(Cl)c(Cl)c2O[Si](CC)(CC)CC)ccc(Cl)c1Cl. The maximum Gasteiger partial charge on any atom is 0.250 e. The van der Waals surface area contributed by atoms with Crippen molar-refractivity contribution < 1.29 is 17.3 Å². The Hall–Kier alpha value is -0.416. The molecule has 0 aliphatic carbocycles. The van der Waals surface area contributed by atoms with E-state index < -0.39 is 26.5 Å². The van der Waals surface area contributed by atoms with Gasteiger partial charge < -0.3 is 8.85 Å². The van der Waals surface area contributed by atoms with E-state index in [0.717, 1.165) is 36.3 Å². The molecule has 0 atom stereocenters. The fraction of sp³-hybridized carbons (Fsp3) is 0.500. The van der Waals surface area contributed by atoms with Gasteiger partial charge in [-0.3, -0.25) is 0 Å². The van der Waals surface area contributed by atoms with Gasteiger partial charge in [0.2, 0.25) is 9.84 Å². The van der Waals surface area contributed by atoms with Crippen LogP contribution >= 0.6 is 46.4 Å². The molecule has 11 heteroatoms. The van der Waals surface area contributed by atoms with Crippen LogP contribution in [0.4, 0.5) is 0 Å². The fourth-order valence-electron chi connectivity index (χ4n) is 4.13. The quantitative estimate of drug-likeness (QED) is 0.223. The standard InChI is InChI=1S/C24H34Cl4O4SSi2/c1-7-34(8-2,9-3)31-23-19(15-13-17(25)21(23)27)33(29,30)20-16-14-18(26)22(28)24(20)32-35(10-4,11-5)12-6/h13-16H,7-12H2,1-6H3.